The van der Waals surface area contributed by atoms with E-state index in [2.05, 4.69) is 0 Å². The van der Waals surface area contributed by atoms with Gasteiger partial charge in [-0.25, -0.2) is 13.6 Å². The number of hydrogen-bond acceptors (Lipinski definition) is 5. The Bertz CT molecular complexity index is 1750. The highest BCUT2D eigenvalue weighted by Crippen LogP contribution is 2.42. The summed E-state index contributed by atoms with van der Waals surface area (Å²) in [6.07, 6.45) is 0.247. The molecule has 1 aliphatic heterocycles. The number of rotatable bonds is 7. The highest BCUT2D eigenvalue weighted by atomic mass is 19.2. The lowest BCUT2D eigenvalue weighted by Crippen LogP contribution is -2.33. The Morgan fingerprint density at radius 3 is 2.52 bits per heavy atom. The molecule has 4 aromatic rings. The maximum Gasteiger partial charge on any atom is 0.339 e. The molecule has 0 amide bonds. The van der Waals surface area contributed by atoms with E-state index < -0.39 is 34.9 Å². The Morgan fingerprint density at radius 1 is 1.07 bits per heavy atom. The molecule has 1 atom stereocenters. The predicted octanol–water partition coefficient (Wildman–Crippen LogP) is 6.64. The molecule has 42 heavy (non-hydrogen) atoms. The molecule has 7 nitrogen and oxygen atoms in total. The first kappa shape index (κ1) is 29.3. The minimum atomic E-state index is -1.43. The second-order valence-corrected chi connectivity index (χ2v) is 11.5. The zero-order valence-electron chi connectivity index (χ0n) is 24.2. The molecule has 0 radical (unpaired) electrons. The number of aromatic nitrogens is 1. The van der Waals surface area contributed by atoms with Crippen molar-refractivity contribution in [3.05, 3.63) is 92.9 Å². The van der Waals surface area contributed by atoms with Crippen molar-refractivity contribution >= 4 is 16.7 Å². The van der Waals surface area contributed by atoms with Crippen molar-refractivity contribution in [2.45, 2.75) is 58.8 Å². The second kappa shape index (κ2) is 11.2. The van der Waals surface area contributed by atoms with Gasteiger partial charge in [0.05, 0.1) is 23.3 Å². The molecule has 9 heteroatoms. The van der Waals surface area contributed by atoms with E-state index in [4.69, 9.17) is 14.2 Å². The molecule has 0 bridgehead atoms. The zero-order chi connectivity index (χ0) is 30.3. The van der Waals surface area contributed by atoms with Crippen molar-refractivity contribution in [2.24, 2.45) is 7.05 Å². The fraction of sp³-hybridized carbons (Fsp3) is 0.333. The number of fused-ring (bicyclic) bond motifs is 2. The van der Waals surface area contributed by atoms with E-state index in [1.54, 1.807) is 39.0 Å². The van der Waals surface area contributed by atoms with Gasteiger partial charge in [-0.1, -0.05) is 12.1 Å². The van der Waals surface area contributed by atoms with Gasteiger partial charge in [-0.05, 0) is 105 Å². The third-order valence-corrected chi connectivity index (χ3v) is 7.40. The van der Waals surface area contributed by atoms with E-state index in [1.807, 2.05) is 19.1 Å². The molecule has 0 saturated heterocycles. The zero-order valence-corrected chi connectivity index (χ0v) is 24.2. The third-order valence-electron chi connectivity index (χ3n) is 7.40. The lowest BCUT2D eigenvalue weighted by molar-refractivity contribution is -0.161. The highest BCUT2D eigenvalue weighted by molar-refractivity contribution is 6.00. The number of nitrogens with zero attached hydrogens (tertiary/aromatic N) is 1. The van der Waals surface area contributed by atoms with Crippen molar-refractivity contribution in [3.63, 3.8) is 0 Å². The summed E-state index contributed by atoms with van der Waals surface area (Å²) < 4.78 is 46.1. The van der Waals surface area contributed by atoms with Crippen LogP contribution in [0.1, 0.15) is 55.7 Å². The van der Waals surface area contributed by atoms with Crippen molar-refractivity contribution in [2.75, 3.05) is 6.61 Å². The Hall–Kier alpha value is -4.24. The lowest BCUT2D eigenvalue weighted by Gasteiger charge is -2.29. The summed E-state index contributed by atoms with van der Waals surface area (Å²) >= 11 is 0. The molecule has 1 aliphatic rings. The molecule has 5 rings (SSSR count). The number of pyridine rings is 1. The normalized spacial score (nSPS) is 13.9. The van der Waals surface area contributed by atoms with Gasteiger partial charge in [0.1, 0.15) is 18.1 Å². The van der Waals surface area contributed by atoms with Crippen molar-refractivity contribution in [1.29, 1.82) is 0 Å². The van der Waals surface area contributed by atoms with E-state index in [9.17, 15) is 23.5 Å². The van der Waals surface area contributed by atoms with E-state index in [0.717, 1.165) is 47.4 Å². The van der Waals surface area contributed by atoms with Crippen LogP contribution in [0.15, 0.2) is 53.3 Å². The number of ether oxygens (including phenoxy) is 3. The number of hydrogen-bond donors (Lipinski definition) is 1. The molecule has 0 aliphatic carbocycles. The van der Waals surface area contributed by atoms with Crippen LogP contribution in [0.25, 0.3) is 21.9 Å². The van der Waals surface area contributed by atoms with Gasteiger partial charge in [-0.2, -0.15) is 0 Å². The maximum absolute atomic E-state index is 13.8. The van der Waals surface area contributed by atoms with Crippen LogP contribution in [-0.4, -0.2) is 27.9 Å². The number of halogens is 2. The monoisotopic (exact) mass is 577 g/mol. The quantitative estimate of drug-likeness (QED) is 0.265. The van der Waals surface area contributed by atoms with Crippen LogP contribution in [0.5, 0.6) is 11.5 Å². The fourth-order valence-electron chi connectivity index (χ4n) is 5.45. The van der Waals surface area contributed by atoms with E-state index in [1.165, 1.54) is 17.7 Å². The molecule has 0 saturated carbocycles. The first-order chi connectivity index (χ1) is 19.9. The third kappa shape index (κ3) is 5.61. The Morgan fingerprint density at radius 2 is 1.83 bits per heavy atom. The van der Waals surface area contributed by atoms with Gasteiger partial charge in [0, 0.05) is 12.6 Å². The Balaban J connectivity index is 1.72. The van der Waals surface area contributed by atoms with Gasteiger partial charge >= 0.3 is 5.97 Å². The minimum Gasteiger partial charge on any atom is -0.493 e. The number of aliphatic carboxylic acids is 1. The van der Waals surface area contributed by atoms with Gasteiger partial charge in [-0.15, -0.1) is 0 Å². The molecule has 3 aromatic carbocycles. The van der Waals surface area contributed by atoms with Crippen LogP contribution >= 0.6 is 0 Å². The van der Waals surface area contributed by atoms with Crippen LogP contribution < -0.4 is 15.0 Å². The SMILES string of the molecule is Cc1c(-c2c(C(OC(C)(C)C)C(=O)O)n(C)c(=O)c3cc(OCc4ccc(F)c(F)c4)ccc23)ccc2c1CCCO2. The summed E-state index contributed by atoms with van der Waals surface area (Å²) in [4.78, 5) is 26.5. The summed E-state index contributed by atoms with van der Waals surface area (Å²) in [6.45, 7) is 7.86. The Kier molecular flexibility index (Phi) is 7.81. The lowest BCUT2D eigenvalue weighted by atomic mass is 9.88. The highest BCUT2D eigenvalue weighted by Gasteiger charge is 2.34. The van der Waals surface area contributed by atoms with Crippen LogP contribution in [0.2, 0.25) is 0 Å². The van der Waals surface area contributed by atoms with Crippen LogP contribution in [0, 0.1) is 18.6 Å². The van der Waals surface area contributed by atoms with Crippen molar-refractivity contribution in [3.8, 4) is 22.6 Å². The largest absolute Gasteiger partial charge is 0.493 e. The van der Waals surface area contributed by atoms with Crippen LogP contribution in [0.3, 0.4) is 0 Å². The van der Waals surface area contributed by atoms with Crippen LogP contribution in [-0.2, 0) is 29.6 Å². The average Bonchev–Trinajstić information content (AvgIpc) is 2.94. The van der Waals surface area contributed by atoms with Gasteiger partial charge < -0.3 is 23.9 Å². The minimum absolute atomic E-state index is 0.0432. The average molecular weight is 578 g/mol. The second-order valence-electron chi connectivity index (χ2n) is 11.5. The summed E-state index contributed by atoms with van der Waals surface area (Å²) in [7, 11) is 1.54. The van der Waals surface area contributed by atoms with Gasteiger partial charge in [0.25, 0.3) is 5.56 Å². The number of benzene rings is 3. The van der Waals surface area contributed by atoms with Crippen LogP contribution in [0.4, 0.5) is 8.78 Å². The van der Waals surface area contributed by atoms with E-state index in [0.29, 0.717) is 34.3 Å². The molecule has 0 spiro atoms. The van der Waals surface area contributed by atoms with Gasteiger partial charge in [0.15, 0.2) is 17.7 Å². The molecule has 0 fully saturated rings. The standard InChI is InChI=1S/C33H33F2NO6/c1-18-21-7-6-14-40-27(21)13-11-22(18)28-23-10-9-20(41-17-19-8-12-25(34)26(35)15-19)16-24(23)31(37)36(5)29(28)30(32(38)39)42-33(2,3)4/h8-13,15-16,30H,6-7,14,17H2,1-5H3,(H,38,39). The summed E-state index contributed by atoms with van der Waals surface area (Å²) in [5, 5.41) is 11.2. The summed E-state index contributed by atoms with van der Waals surface area (Å²) in [5.74, 6) is -2.00. The Labute approximate surface area is 242 Å². The van der Waals surface area contributed by atoms with Crippen molar-refractivity contribution < 1.29 is 32.9 Å². The number of carbonyl (C=O) groups is 1. The molecule has 1 N–H and O–H groups in total. The van der Waals surface area contributed by atoms with E-state index in [-0.39, 0.29) is 12.3 Å². The molecule has 220 valence electrons. The van der Waals surface area contributed by atoms with Gasteiger partial charge in [0.2, 0.25) is 0 Å². The molecule has 2 heterocycles. The maximum atomic E-state index is 13.8. The molecule has 1 unspecified atom stereocenters. The van der Waals surface area contributed by atoms with Crippen molar-refractivity contribution in [1.82, 2.24) is 4.57 Å². The fourth-order valence-corrected chi connectivity index (χ4v) is 5.45. The molecular formula is C33H33F2NO6. The topological polar surface area (TPSA) is 87.0 Å². The smallest absolute Gasteiger partial charge is 0.339 e. The first-order valence-corrected chi connectivity index (χ1v) is 13.8. The summed E-state index contributed by atoms with van der Waals surface area (Å²) in [5.41, 5.74) is 2.73. The number of carboxylic acids is 1. The molecule has 1 aromatic heterocycles. The summed E-state index contributed by atoms with van der Waals surface area (Å²) in [6, 6.07) is 12.3. The number of carboxylic acid groups (broad SMARTS) is 1. The van der Waals surface area contributed by atoms with Gasteiger partial charge in [-0.3, -0.25) is 4.79 Å². The predicted molar refractivity (Wildman–Crippen MR) is 155 cm³/mol. The first-order valence-electron chi connectivity index (χ1n) is 13.8. The molecular weight excluding hydrogens is 544 g/mol. The van der Waals surface area contributed by atoms with E-state index >= 15 is 0 Å².